The highest BCUT2D eigenvalue weighted by Gasteiger charge is 2.53. The van der Waals surface area contributed by atoms with Crippen LogP contribution in [0.5, 0.6) is 0 Å². The Balaban J connectivity index is 1.18. The average molecular weight is 728 g/mol. The quantitative estimate of drug-likeness (QED) is 0.180. The van der Waals surface area contributed by atoms with Crippen LogP contribution in [-0.2, 0) is 5.41 Å². The van der Waals surface area contributed by atoms with Gasteiger partial charge in [0.05, 0.1) is 23.7 Å². The van der Waals surface area contributed by atoms with Gasteiger partial charge in [0.2, 0.25) is 0 Å². The van der Waals surface area contributed by atoms with Crippen LogP contribution in [-0.4, -0.2) is 9.97 Å². The van der Waals surface area contributed by atoms with Gasteiger partial charge in [-0.2, -0.15) is 0 Å². The maximum Gasteiger partial charge on any atom is 0.161 e. The molecule has 2 heteroatoms. The Bertz CT molecular complexity index is 3520. The van der Waals surface area contributed by atoms with Crippen molar-refractivity contribution in [2.45, 2.75) is 5.41 Å². The topological polar surface area (TPSA) is 25.8 Å². The van der Waals surface area contributed by atoms with E-state index in [1.165, 1.54) is 49.4 Å². The predicted molar refractivity (Wildman–Crippen MR) is 235 cm³/mol. The number of benzene rings is 9. The molecule has 1 spiro atoms. The maximum absolute atomic E-state index is 9.03. The maximum atomic E-state index is 9.03. The molecule has 0 N–H and O–H groups in total. The molecule has 10 aromatic rings. The lowest BCUT2D eigenvalue weighted by molar-refractivity contribution is 0.802. The normalized spacial score (nSPS) is 16.0. The van der Waals surface area contributed by atoms with Gasteiger partial charge in [0.25, 0.3) is 0 Å². The summed E-state index contributed by atoms with van der Waals surface area (Å²) in [7, 11) is 0. The molecule has 0 saturated heterocycles. The minimum Gasteiger partial charge on any atom is -0.228 e. The van der Waals surface area contributed by atoms with Crippen LogP contribution >= 0.6 is 0 Å². The van der Waals surface area contributed by atoms with E-state index in [0.717, 1.165) is 38.9 Å². The standard InChI is InChI=1S/C55H34N2/c1-3-15-35(16-4-1)39-21-13-22-40(33-39)50-34-49(38-19-5-2-6-20-38)56-54(57-50)45-26-14-28-47-52(45)43-25-11-12-27-46(43)55(47)48-32-30-36-17-7-9-23-41(36)51(48)44-31-29-37-18-8-10-24-42(37)53(44)55/h1-34H/i2D,5D,6D,19D,20D. The van der Waals surface area contributed by atoms with E-state index in [9.17, 15) is 0 Å². The Morgan fingerprint density at radius 2 is 1.00 bits per heavy atom. The Morgan fingerprint density at radius 1 is 0.386 bits per heavy atom. The fourth-order valence-corrected chi connectivity index (χ4v) is 9.68. The van der Waals surface area contributed by atoms with Crippen LogP contribution in [0, 0.1) is 0 Å². The molecular weight excluding hydrogens is 689 g/mol. The van der Waals surface area contributed by atoms with Crippen molar-refractivity contribution >= 4 is 21.5 Å². The lowest BCUT2D eigenvalue weighted by Crippen LogP contribution is -2.26. The van der Waals surface area contributed by atoms with Crippen molar-refractivity contribution in [2.75, 3.05) is 0 Å². The molecule has 1 atom stereocenters. The molecule has 1 aromatic heterocycles. The van der Waals surface area contributed by atoms with Crippen molar-refractivity contribution in [1.82, 2.24) is 9.97 Å². The van der Waals surface area contributed by atoms with Crippen LogP contribution in [0.25, 0.3) is 88.8 Å². The molecule has 0 saturated carbocycles. The lowest BCUT2D eigenvalue weighted by Gasteiger charge is -2.31. The zero-order valence-corrected chi connectivity index (χ0v) is 30.6. The summed E-state index contributed by atoms with van der Waals surface area (Å²) in [5, 5.41) is 4.75. The van der Waals surface area contributed by atoms with Gasteiger partial charge in [-0.05, 0) is 89.3 Å². The summed E-state index contributed by atoms with van der Waals surface area (Å²) >= 11 is 0. The summed E-state index contributed by atoms with van der Waals surface area (Å²) in [5.74, 6) is 0.396. The van der Waals surface area contributed by atoms with Crippen molar-refractivity contribution in [1.29, 1.82) is 0 Å². The molecule has 9 aromatic carbocycles. The molecule has 2 nitrogen and oxygen atoms in total. The highest BCUT2D eigenvalue weighted by molar-refractivity contribution is 6.11. The minimum atomic E-state index is -0.686. The molecule has 0 aliphatic heterocycles. The summed E-state index contributed by atoms with van der Waals surface area (Å²) < 4.78 is 43.6. The summed E-state index contributed by atoms with van der Waals surface area (Å²) in [5.41, 5.74) is 13.1. The first-order valence-electron chi connectivity index (χ1n) is 21.8. The number of nitrogens with zero attached hydrogens (tertiary/aromatic N) is 2. The first-order valence-corrected chi connectivity index (χ1v) is 19.3. The second kappa shape index (κ2) is 12.3. The molecule has 12 rings (SSSR count). The molecule has 2 aliphatic rings. The zero-order valence-electron chi connectivity index (χ0n) is 35.6. The zero-order chi connectivity index (χ0) is 41.9. The third kappa shape index (κ3) is 4.59. The first-order chi connectivity index (χ1) is 30.3. The van der Waals surface area contributed by atoms with Crippen LogP contribution in [0.3, 0.4) is 0 Å². The Kier molecular flexibility index (Phi) is 5.87. The molecular formula is C55H34N2. The third-order valence-corrected chi connectivity index (χ3v) is 12.0. The van der Waals surface area contributed by atoms with E-state index in [-0.39, 0.29) is 23.3 Å². The van der Waals surface area contributed by atoms with Gasteiger partial charge in [0.15, 0.2) is 5.82 Å². The fraction of sp³-hybridized carbons (Fsp3) is 0.0182. The van der Waals surface area contributed by atoms with E-state index in [0.29, 0.717) is 11.5 Å². The van der Waals surface area contributed by atoms with E-state index in [4.69, 9.17) is 16.8 Å². The second-order valence-electron chi connectivity index (χ2n) is 14.9. The third-order valence-electron chi connectivity index (χ3n) is 12.0. The van der Waals surface area contributed by atoms with Crippen LogP contribution in [0.4, 0.5) is 0 Å². The molecule has 57 heavy (non-hydrogen) atoms. The highest BCUT2D eigenvalue weighted by atomic mass is 14.9. The van der Waals surface area contributed by atoms with E-state index in [2.05, 4.69) is 140 Å². The lowest BCUT2D eigenvalue weighted by atomic mass is 9.69. The van der Waals surface area contributed by atoms with Gasteiger partial charge >= 0.3 is 0 Å². The van der Waals surface area contributed by atoms with E-state index >= 15 is 0 Å². The average Bonchev–Trinajstić information content (AvgIpc) is 3.81. The van der Waals surface area contributed by atoms with E-state index in [1.807, 2.05) is 30.3 Å². The van der Waals surface area contributed by atoms with Crippen LogP contribution in [0.15, 0.2) is 206 Å². The minimum absolute atomic E-state index is 0.0292. The van der Waals surface area contributed by atoms with Crippen molar-refractivity contribution in [3.05, 3.63) is 228 Å². The smallest absolute Gasteiger partial charge is 0.161 e. The number of rotatable bonds is 4. The summed E-state index contributed by atoms with van der Waals surface area (Å²) in [6.07, 6.45) is 0. The molecule has 2 aliphatic carbocycles. The highest BCUT2D eigenvalue weighted by Crippen LogP contribution is 2.66. The molecule has 1 heterocycles. The van der Waals surface area contributed by atoms with Gasteiger partial charge in [0.1, 0.15) is 0 Å². The molecule has 1 unspecified atom stereocenters. The number of aromatic nitrogens is 2. The van der Waals surface area contributed by atoms with Gasteiger partial charge in [-0.1, -0.05) is 194 Å². The largest absolute Gasteiger partial charge is 0.228 e. The Morgan fingerprint density at radius 3 is 1.86 bits per heavy atom. The van der Waals surface area contributed by atoms with Gasteiger partial charge in [-0.3, -0.25) is 0 Å². The molecule has 0 radical (unpaired) electrons. The summed E-state index contributed by atoms with van der Waals surface area (Å²) in [4.78, 5) is 10.5. The van der Waals surface area contributed by atoms with Gasteiger partial charge in [-0.15, -0.1) is 0 Å². The van der Waals surface area contributed by atoms with Crippen LogP contribution in [0.2, 0.25) is 0 Å². The first kappa shape index (κ1) is 27.2. The number of fused-ring (bicyclic) bond motifs is 14. The Labute approximate surface area is 338 Å². The van der Waals surface area contributed by atoms with Crippen molar-refractivity contribution < 1.29 is 6.85 Å². The SMILES string of the molecule is [2H]c1c([2H])c([2H])c(-c2cc(-c3cccc(-c4ccccc4)c3)nc(-c3cccc4c3-c3ccccc3C43c4ccc5ccccc5c4-c4ccc5ccccc5c43)n2)c([2H])c1[2H]. The van der Waals surface area contributed by atoms with Crippen LogP contribution in [0.1, 0.15) is 29.1 Å². The molecule has 264 valence electrons. The van der Waals surface area contributed by atoms with Crippen molar-refractivity contribution in [3.8, 4) is 67.3 Å². The monoisotopic (exact) mass is 727 g/mol. The Hall–Kier alpha value is -7.42. The van der Waals surface area contributed by atoms with Crippen LogP contribution < -0.4 is 0 Å². The molecule has 0 amide bonds. The molecule has 0 fully saturated rings. The summed E-state index contributed by atoms with van der Waals surface area (Å²) in [6.45, 7) is 0. The van der Waals surface area contributed by atoms with Crippen molar-refractivity contribution in [2.24, 2.45) is 0 Å². The molecule has 0 bridgehead atoms. The predicted octanol–water partition coefficient (Wildman–Crippen LogP) is 13.8. The number of hydrogen-bond acceptors (Lipinski definition) is 2. The van der Waals surface area contributed by atoms with E-state index in [1.54, 1.807) is 6.07 Å². The van der Waals surface area contributed by atoms with Gasteiger partial charge in [-0.25, -0.2) is 9.97 Å². The van der Waals surface area contributed by atoms with E-state index < -0.39 is 23.5 Å². The second-order valence-corrected chi connectivity index (χ2v) is 14.9. The van der Waals surface area contributed by atoms with Crippen molar-refractivity contribution in [3.63, 3.8) is 0 Å². The van der Waals surface area contributed by atoms with Gasteiger partial charge in [0, 0.05) is 16.7 Å². The number of hydrogen-bond donors (Lipinski definition) is 0. The fourth-order valence-electron chi connectivity index (χ4n) is 9.68. The van der Waals surface area contributed by atoms with Gasteiger partial charge < -0.3 is 0 Å². The summed E-state index contributed by atoms with van der Waals surface area (Å²) in [6, 6.07) is 59.6.